The molecule has 0 unspecified atom stereocenters. The fraction of sp³-hybridized carbons (Fsp3) is 0.292. The van der Waals surface area contributed by atoms with E-state index in [1.807, 2.05) is 53.4 Å². The van der Waals surface area contributed by atoms with E-state index in [0.29, 0.717) is 30.8 Å². The summed E-state index contributed by atoms with van der Waals surface area (Å²) in [4.78, 5) is 34.0. The Morgan fingerprint density at radius 2 is 1.63 bits per heavy atom. The number of ether oxygens (including phenoxy) is 1. The summed E-state index contributed by atoms with van der Waals surface area (Å²) in [7, 11) is 0. The first-order chi connectivity index (χ1) is 14.7. The Bertz CT molecular complexity index is 1120. The fourth-order valence-electron chi connectivity index (χ4n) is 4.19. The van der Waals surface area contributed by atoms with E-state index in [0.717, 1.165) is 48.1 Å². The Morgan fingerprint density at radius 3 is 2.50 bits per heavy atom. The van der Waals surface area contributed by atoms with E-state index in [9.17, 15) is 9.59 Å². The van der Waals surface area contributed by atoms with E-state index in [1.165, 1.54) is 0 Å². The molecular weight excluding hydrogens is 378 g/mol. The van der Waals surface area contributed by atoms with Gasteiger partial charge in [-0.15, -0.1) is 0 Å². The quantitative estimate of drug-likeness (QED) is 0.659. The van der Waals surface area contributed by atoms with Crippen LogP contribution < -0.4 is 4.74 Å². The molecule has 2 amide bonds. The molecule has 2 aromatic carbocycles. The van der Waals surface area contributed by atoms with Crippen LogP contribution in [0.5, 0.6) is 5.75 Å². The Balaban J connectivity index is 1.41. The third-order valence-electron chi connectivity index (χ3n) is 5.82. The lowest BCUT2D eigenvalue weighted by Gasteiger charge is -2.21. The highest BCUT2D eigenvalue weighted by molar-refractivity contribution is 5.98. The van der Waals surface area contributed by atoms with Gasteiger partial charge in [-0.2, -0.15) is 0 Å². The summed E-state index contributed by atoms with van der Waals surface area (Å²) >= 11 is 0. The Morgan fingerprint density at radius 1 is 0.867 bits per heavy atom. The van der Waals surface area contributed by atoms with Crippen molar-refractivity contribution in [3.05, 3.63) is 71.4 Å². The summed E-state index contributed by atoms with van der Waals surface area (Å²) in [5.74, 6) is 0.749. The molecule has 0 radical (unpaired) electrons. The molecule has 2 aliphatic heterocycles. The summed E-state index contributed by atoms with van der Waals surface area (Å²) in [6.07, 6.45) is 3.86. The number of carbonyl (C=O) groups is 2. The minimum Gasteiger partial charge on any atom is -0.491 e. The summed E-state index contributed by atoms with van der Waals surface area (Å²) in [5.41, 5.74) is 3.02. The Labute approximate surface area is 175 Å². The molecule has 152 valence electrons. The van der Waals surface area contributed by atoms with Gasteiger partial charge in [0.15, 0.2) is 0 Å². The highest BCUT2D eigenvalue weighted by Crippen LogP contribution is 2.27. The van der Waals surface area contributed by atoms with E-state index in [-0.39, 0.29) is 11.8 Å². The average Bonchev–Trinajstić information content (AvgIpc) is 3.24. The number of nitrogens with zero attached hydrogens (tertiary/aromatic N) is 3. The number of likely N-dealkylation sites (tertiary alicyclic amines) is 1. The Hall–Kier alpha value is -3.41. The maximum Gasteiger partial charge on any atom is 0.254 e. The molecule has 2 aliphatic rings. The monoisotopic (exact) mass is 401 g/mol. The minimum atomic E-state index is -0.0477. The van der Waals surface area contributed by atoms with Gasteiger partial charge in [0, 0.05) is 47.9 Å². The fourth-order valence-corrected chi connectivity index (χ4v) is 4.19. The van der Waals surface area contributed by atoms with Crippen LogP contribution in [0, 0.1) is 0 Å². The molecule has 0 aliphatic carbocycles. The van der Waals surface area contributed by atoms with Gasteiger partial charge in [-0.3, -0.25) is 14.6 Å². The number of rotatable bonds is 2. The largest absolute Gasteiger partial charge is 0.491 e. The predicted octanol–water partition coefficient (Wildman–Crippen LogP) is 3.51. The summed E-state index contributed by atoms with van der Waals surface area (Å²) < 4.78 is 5.87. The number of hydrogen-bond acceptors (Lipinski definition) is 4. The van der Waals surface area contributed by atoms with Gasteiger partial charge in [0.1, 0.15) is 12.4 Å². The molecule has 0 atom stereocenters. The second-order valence-electron chi connectivity index (χ2n) is 7.81. The van der Waals surface area contributed by atoms with Crippen LogP contribution in [-0.2, 0) is 6.54 Å². The lowest BCUT2D eigenvalue weighted by atomic mass is 10.1. The summed E-state index contributed by atoms with van der Waals surface area (Å²) in [6.45, 7) is 2.96. The zero-order valence-electron chi connectivity index (χ0n) is 16.7. The third-order valence-corrected chi connectivity index (χ3v) is 5.82. The van der Waals surface area contributed by atoms with Gasteiger partial charge in [-0.1, -0.05) is 6.07 Å². The second kappa shape index (κ2) is 7.78. The van der Waals surface area contributed by atoms with Crippen LogP contribution in [-0.4, -0.2) is 52.8 Å². The van der Waals surface area contributed by atoms with Gasteiger partial charge >= 0.3 is 0 Å². The zero-order chi connectivity index (χ0) is 20.5. The molecule has 5 rings (SSSR count). The second-order valence-corrected chi connectivity index (χ2v) is 7.81. The van der Waals surface area contributed by atoms with Crippen molar-refractivity contribution in [2.45, 2.75) is 19.4 Å². The number of hydrogen-bond donors (Lipinski definition) is 0. The maximum atomic E-state index is 13.2. The molecule has 30 heavy (non-hydrogen) atoms. The van der Waals surface area contributed by atoms with Crippen molar-refractivity contribution >= 4 is 22.7 Å². The van der Waals surface area contributed by atoms with E-state index < -0.39 is 0 Å². The molecule has 0 N–H and O–H groups in total. The molecule has 1 aromatic heterocycles. The van der Waals surface area contributed by atoms with E-state index in [2.05, 4.69) is 4.98 Å². The molecule has 1 fully saturated rings. The number of carbonyl (C=O) groups excluding carboxylic acids is 2. The van der Waals surface area contributed by atoms with Gasteiger partial charge in [0.05, 0.1) is 12.1 Å². The van der Waals surface area contributed by atoms with Crippen LogP contribution in [0.4, 0.5) is 0 Å². The first-order valence-electron chi connectivity index (χ1n) is 10.4. The zero-order valence-corrected chi connectivity index (χ0v) is 16.7. The normalized spacial score (nSPS) is 16.1. The van der Waals surface area contributed by atoms with Gasteiger partial charge in [0.2, 0.25) is 0 Å². The number of benzene rings is 2. The number of aromatic nitrogens is 1. The van der Waals surface area contributed by atoms with E-state index in [1.54, 1.807) is 11.1 Å². The smallest absolute Gasteiger partial charge is 0.254 e. The van der Waals surface area contributed by atoms with Crippen LogP contribution in [0.15, 0.2) is 54.7 Å². The first kappa shape index (κ1) is 18.6. The molecule has 0 saturated carbocycles. The van der Waals surface area contributed by atoms with Crippen LogP contribution >= 0.6 is 0 Å². The van der Waals surface area contributed by atoms with Crippen molar-refractivity contribution in [3.63, 3.8) is 0 Å². The topological polar surface area (TPSA) is 62.7 Å². The summed E-state index contributed by atoms with van der Waals surface area (Å²) in [5, 5.41) is 0.938. The summed E-state index contributed by atoms with van der Waals surface area (Å²) in [6, 6.07) is 15.0. The lowest BCUT2D eigenvalue weighted by Crippen LogP contribution is -2.32. The number of amides is 2. The molecule has 6 nitrogen and oxygen atoms in total. The molecule has 3 aromatic rings. The van der Waals surface area contributed by atoms with Crippen LogP contribution in [0.25, 0.3) is 10.9 Å². The van der Waals surface area contributed by atoms with E-state index in [4.69, 9.17) is 4.74 Å². The van der Waals surface area contributed by atoms with Gasteiger partial charge < -0.3 is 14.5 Å². The molecule has 3 heterocycles. The third kappa shape index (κ3) is 3.49. The minimum absolute atomic E-state index is 0.0477. The molecule has 0 bridgehead atoms. The molecular formula is C24H23N3O3. The van der Waals surface area contributed by atoms with E-state index >= 15 is 0 Å². The van der Waals surface area contributed by atoms with Crippen molar-refractivity contribution in [2.24, 2.45) is 0 Å². The number of fused-ring (bicyclic) bond motifs is 2. The van der Waals surface area contributed by atoms with Crippen LogP contribution in [0.1, 0.15) is 39.1 Å². The highest BCUT2D eigenvalue weighted by atomic mass is 16.5. The standard InChI is InChI=1S/C24H23N3O3/c28-23(26-10-1-2-11-26)19-6-8-22-20(15-19)16-27(12-13-30-22)24(29)18-5-7-21-17(14-18)4-3-9-25-21/h3-9,14-15H,1-2,10-13,16H2. The maximum absolute atomic E-state index is 13.2. The predicted molar refractivity (Wildman–Crippen MR) is 114 cm³/mol. The SMILES string of the molecule is O=C(c1ccc2c(c1)CN(C(=O)c1ccc3ncccc3c1)CCO2)N1CCCC1. The van der Waals surface area contributed by atoms with Gasteiger partial charge in [0.25, 0.3) is 11.8 Å². The van der Waals surface area contributed by atoms with Crippen molar-refractivity contribution in [1.29, 1.82) is 0 Å². The Kier molecular flexibility index (Phi) is 4.83. The van der Waals surface area contributed by atoms with Crippen molar-refractivity contribution in [3.8, 4) is 5.75 Å². The van der Waals surface area contributed by atoms with Crippen LogP contribution in [0.3, 0.4) is 0 Å². The van der Waals surface area contributed by atoms with Gasteiger partial charge in [-0.25, -0.2) is 0 Å². The van der Waals surface area contributed by atoms with Crippen molar-refractivity contribution in [1.82, 2.24) is 14.8 Å². The molecule has 0 spiro atoms. The van der Waals surface area contributed by atoms with Gasteiger partial charge in [-0.05, 0) is 55.3 Å². The lowest BCUT2D eigenvalue weighted by molar-refractivity contribution is 0.0733. The van der Waals surface area contributed by atoms with Crippen LogP contribution in [0.2, 0.25) is 0 Å². The average molecular weight is 401 g/mol. The number of pyridine rings is 1. The molecule has 1 saturated heterocycles. The highest BCUT2D eigenvalue weighted by Gasteiger charge is 2.24. The molecule has 6 heteroatoms. The van der Waals surface area contributed by atoms with Crippen molar-refractivity contribution in [2.75, 3.05) is 26.2 Å². The first-order valence-corrected chi connectivity index (χ1v) is 10.4. The van der Waals surface area contributed by atoms with Crippen molar-refractivity contribution < 1.29 is 14.3 Å².